The van der Waals surface area contributed by atoms with Crippen LogP contribution in [0.3, 0.4) is 0 Å². The fourth-order valence-electron chi connectivity index (χ4n) is 2.08. The Morgan fingerprint density at radius 3 is 2.63 bits per heavy atom. The van der Waals surface area contributed by atoms with Crippen LogP contribution >= 0.6 is 15.9 Å². The van der Waals surface area contributed by atoms with Gasteiger partial charge in [-0.1, -0.05) is 29.8 Å². The normalized spacial score (nSPS) is 11.1. The van der Waals surface area contributed by atoms with E-state index in [0.717, 1.165) is 0 Å². The van der Waals surface area contributed by atoms with E-state index in [-0.39, 0.29) is 17.3 Å². The molecule has 3 nitrogen and oxygen atoms in total. The summed E-state index contributed by atoms with van der Waals surface area (Å²) >= 11 is 3.34. The highest BCUT2D eigenvalue weighted by molar-refractivity contribution is 9.10. The predicted octanol–water partition coefficient (Wildman–Crippen LogP) is 3.77. The minimum atomic E-state index is -0.369. The van der Waals surface area contributed by atoms with Gasteiger partial charge in [-0.15, -0.1) is 0 Å². The van der Waals surface area contributed by atoms with Crippen molar-refractivity contribution in [1.82, 2.24) is 9.97 Å². The summed E-state index contributed by atoms with van der Waals surface area (Å²) in [6.45, 7) is 5.68. The van der Waals surface area contributed by atoms with Gasteiger partial charge >= 0.3 is 0 Å². The van der Waals surface area contributed by atoms with E-state index in [1.807, 2.05) is 13.8 Å². The van der Waals surface area contributed by atoms with Crippen LogP contribution in [0, 0.1) is 12.7 Å². The van der Waals surface area contributed by atoms with E-state index in [9.17, 15) is 9.18 Å². The molecule has 0 aliphatic rings. The fraction of sp³-hybridized carbons (Fsp3) is 0.286. The third-order valence-electron chi connectivity index (χ3n) is 2.91. The molecule has 0 saturated heterocycles. The Morgan fingerprint density at radius 2 is 2.05 bits per heavy atom. The zero-order valence-electron chi connectivity index (χ0n) is 10.9. The number of H-pyrrole nitrogens is 1. The molecule has 0 aliphatic heterocycles. The molecular weight excluding hydrogens is 311 g/mol. The largest absolute Gasteiger partial charge is 0.306 e. The molecule has 19 heavy (non-hydrogen) atoms. The van der Waals surface area contributed by atoms with Gasteiger partial charge in [0.15, 0.2) is 0 Å². The minimum absolute atomic E-state index is 0.0984. The minimum Gasteiger partial charge on any atom is -0.306 e. The standard InChI is InChI=1S/C14H14BrFN2O/c1-7(2)12-8(3)17-13(18-14(12)19)10-6-9(16)4-5-11(10)15/h4-7H,1-3H3,(H,17,18,19). The number of nitrogens with one attached hydrogen (secondary N) is 1. The van der Waals surface area contributed by atoms with Gasteiger partial charge in [0.2, 0.25) is 0 Å². The maximum atomic E-state index is 13.3. The number of halogens is 2. The molecule has 0 bridgehead atoms. The molecule has 0 amide bonds. The molecule has 1 aromatic heterocycles. The van der Waals surface area contributed by atoms with Gasteiger partial charge in [-0.2, -0.15) is 0 Å². The first-order valence-corrected chi connectivity index (χ1v) is 6.75. The number of aromatic amines is 1. The topological polar surface area (TPSA) is 45.8 Å². The molecule has 0 aliphatic carbocycles. The Kier molecular flexibility index (Phi) is 3.85. The van der Waals surface area contributed by atoms with E-state index in [0.29, 0.717) is 27.1 Å². The number of nitrogens with zero attached hydrogens (tertiary/aromatic N) is 1. The zero-order valence-corrected chi connectivity index (χ0v) is 12.5. The number of aromatic nitrogens is 2. The molecule has 0 atom stereocenters. The van der Waals surface area contributed by atoms with Crippen molar-refractivity contribution in [2.45, 2.75) is 26.7 Å². The zero-order chi connectivity index (χ0) is 14.2. The number of hydrogen-bond acceptors (Lipinski definition) is 2. The number of benzene rings is 1. The average molecular weight is 325 g/mol. The lowest BCUT2D eigenvalue weighted by atomic mass is 10.0. The second kappa shape index (κ2) is 5.25. The summed E-state index contributed by atoms with van der Waals surface area (Å²) in [7, 11) is 0. The van der Waals surface area contributed by atoms with E-state index in [2.05, 4.69) is 25.9 Å². The van der Waals surface area contributed by atoms with Crippen molar-refractivity contribution in [3.8, 4) is 11.4 Å². The molecule has 0 unspecified atom stereocenters. The lowest BCUT2D eigenvalue weighted by Crippen LogP contribution is -2.18. The van der Waals surface area contributed by atoms with Crippen molar-refractivity contribution in [2.24, 2.45) is 0 Å². The van der Waals surface area contributed by atoms with Crippen LogP contribution in [0.1, 0.15) is 31.0 Å². The van der Waals surface area contributed by atoms with Crippen molar-refractivity contribution in [2.75, 3.05) is 0 Å². The van der Waals surface area contributed by atoms with Gasteiger partial charge < -0.3 is 4.98 Å². The smallest absolute Gasteiger partial charge is 0.254 e. The quantitative estimate of drug-likeness (QED) is 0.913. The van der Waals surface area contributed by atoms with Crippen LogP contribution in [-0.4, -0.2) is 9.97 Å². The maximum absolute atomic E-state index is 13.3. The Balaban J connectivity index is 2.65. The summed E-state index contributed by atoms with van der Waals surface area (Å²) in [5.74, 6) is 0.103. The van der Waals surface area contributed by atoms with Gasteiger partial charge in [0.1, 0.15) is 11.6 Å². The summed E-state index contributed by atoms with van der Waals surface area (Å²) in [6, 6.07) is 4.29. The van der Waals surface area contributed by atoms with Crippen molar-refractivity contribution in [3.05, 3.63) is 50.1 Å². The number of hydrogen-bond donors (Lipinski definition) is 1. The van der Waals surface area contributed by atoms with Gasteiger partial charge in [0.05, 0.1) is 0 Å². The Hall–Kier alpha value is -1.49. The van der Waals surface area contributed by atoms with Crippen LogP contribution in [0.2, 0.25) is 0 Å². The van der Waals surface area contributed by atoms with Crippen LogP contribution in [0.15, 0.2) is 27.5 Å². The van der Waals surface area contributed by atoms with Crippen molar-refractivity contribution < 1.29 is 4.39 Å². The first kappa shape index (κ1) is 13.9. The molecule has 0 fully saturated rings. The summed E-state index contributed by atoms with van der Waals surface area (Å²) < 4.78 is 14.0. The first-order chi connectivity index (χ1) is 8.90. The van der Waals surface area contributed by atoms with Crippen molar-refractivity contribution in [3.63, 3.8) is 0 Å². The van der Waals surface area contributed by atoms with Crippen molar-refractivity contribution in [1.29, 1.82) is 0 Å². The van der Waals surface area contributed by atoms with Gasteiger partial charge in [-0.05, 0) is 31.0 Å². The highest BCUT2D eigenvalue weighted by Gasteiger charge is 2.14. The molecule has 1 heterocycles. The Bertz CT molecular complexity index is 680. The number of aryl methyl sites for hydroxylation is 1. The predicted molar refractivity (Wildman–Crippen MR) is 76.8 cm³/mol. The highest BCUT2D eigenvalue weighted by atomic mass is 79.9. The molecule has 2 rings (SSSR count). The van der Waals surface area contributed by atoms with E-state index < -0.39 is 0 Å². The van der Waals surface area contributed by atoms with Gasteiger partial charge in [0, 0.05) is 21.3 Å². The molecule has 5 heteroatoms. The maximum Gasteiger partial charge on any atom is 0.254 e. The molecule has 2 aromatic rings. The molecule has 100 valence electrons. The van der Waals surface area contributed by atoms with Crippen LogP contribution in [0.5, 0.6) is 0 Å². The lowest BCUT2D eigenvalue weighted by molar-refractivity contribution is 0.628. The molecule has 1 N–H and O–H groups in total. The SMILES string of the molecule is Cc1nc(-c2cc(F)ccc2Br)[nH]c(=O)c1C(C)C. The van der Waals surface area contributed by atoms with E-state index >= 15 is 0 Å². The summed E-state index contributed by atoms with van der Waals surface area (Å²) in [5, 5.41) is 0. The third-order valence-corrected chi connectivity index (χ3v) is 3.60. The molecule has 0 radical (unpaired) electrons. The third kappa shape index (κ3) is 2.76. The van der Waals surface area contributed by atoms with E-state index in [1.165, 1.54) is 12.1 Å². The highest BCUT2D eigenvalue weighted by Crippen LogP contribution is 2.26. The van der Waals surface area contributed by atoms with Crippen LogP contribution in [-0.2, 0) is 0 Å². The molecule has 1 aromatic carbocycles. The van der Waals surface area contributed by atoms with Crippen molar-refractivity contribution >= 4 is 15.9 Å². The Labute approximate surface area is 119 Å². The first-order valence-electron chi connectivity index (χ1n) is 5.96. The Morgan fingerprint density at radius 1 is 1.37 bits per heavy atom. The lowest BCUT2D eigenvalue weighted by Gasteiger charge is -2.10. The van der Waals surface area contributed by atoms with Crippen LogP contribution in [0.4, 0.5) is 4.39 Å². The van der Waals surface area contributed by atoms with Gasteiger partial charge in [-0.25, -0.2) is 9.37 Å². The van der Waals surface area contributed by atoms with E-state index in [4.69, 9.17) is 0 Å². The second-order valence-corrected chi connectivity index (χ2v) is 5.55. The monoisotopic (exact) mass is 324 g/mol. The second-order valence-electron chi connectivity index (χ2n) is 4.69. The van der Waals surface area contributed by atoms with Gasteiger partial charge in [0.25, 0.3) is 5.56 Å². The van der Waals surface area contributed by atoms with Gasteiger partial charge in [-0.3, -0.25) is 4.79 Å². The summed E-state index contributed by atoms with van der Waals surface area (Å²) in [6.07, 6.45) is 0. The average Bonchev–Trinajstić information content (AvgIpc) is 2.30. The van der Waals surface area contributed by atoms with Crippen LogP contribution < -0.4 is 5.56 Å². The summed E-state index contributed by atoms with van der Waals surface area (Å²) in [4.78, 5) is 19.2. The fourth-order valence-corrected chi connectivity index (χ4v) is 2.52. The number of rotatable bonds is 2. The summed E-state index contributed by atoms with van der Waals surface area (Å²) in [5.41, 5.74) is 1.70. The van der Waals surface area contributed by atoms with E-state index in [1.54, 1.807) is 13.0 Å². The molecular formula is C14H14BrFN2O. The molecule has 0 saturated carbocycles. The molecule has 0 spiro atoms. The van der Waals surface area contributed by atoms with Crippen LogP contribution in [0.25, 0.3) is 11.4 Å².